The van der Waals surface area contributed by atoms with E-state index in [0.29, 0.717) is 11.8 Å². The van der Waals surface area contributed by atoms with Gasteiger partial charge in [0.05, 0.1) is 16.8 Å². The fourth-order valence-electron chi connectivity index (χ4n) is 2.32. The number of sulfonamides is 1. The van der Waals surface area contributed by atoms with E-state index in [9.17, 15) is 22.0 Å². The normalized spacial score (nSPS) is 16.1. The Kier molecular flexibility index (Phi) is 4.35. The average Bonchev–Trinajstić information content (AvgIpc) is 2.66. The van der Waals surface area contributed by atoms with Crippen LogP contribution in [-0.4, -0.2) is 20.9 Å². The molecule has 0 spiro atoms. The van der Waals surface area contributed by atoms with Crippen molar-refractivity contribution >= 4 is 27.3 Å². The van der Waals surface area contributed by atoms with Gasteiger partial charge in [-0.1, -0.05) is 0 Å². The number of nitrogens with one attached hydrogen (secondary N) is 2. The summed E-state index contributed by atoms with van der Waals surface area (Å²) in [6, 6.07) is 6.38. The van der Waals surface area contributed by atoms with Gasteiger partial charge in [-0.25, -0.2) is 17.2 Å². The highest BCUT2D eigenvalue weighted by atomic mass is 32.2. The van der Waals surface area contributed by atoms with Crippen molar-refractivity contribution in [2.24, 2.45) is 5.41 Å². The highest BCUT2D eigenvalue weighted by molar-refractivity contribution is 7.92. The van der Waals surface area contributed by atoms with Gasteiger partial charge in [0.1, 0.15) is 28.9 Å². The largest absolute Gasteiger partial charge is 0.490 e. The molecule has 0 aliphatic carbocycles. The van der Waals surface area contributed by atoms with Gasteiger partial charge in [-0.3, -0.25) is 9.52 Å². The molecule has 0 atom stereocenters. The van der Waals surface area contributed by atoms with Gasteiger partial charge >= 0.3 is 0 Å². The van der Waals surface area contributed by atoms with E-state index in [1.165, 1.54) is 18.2 Å². The summed E-state index contributed by atoms with van der Waals surface area (Å²) in [6.07, 6.45) is 0. The highest BCUT2D eigenvalue weighted by Gasteiger charge is 2.32. The molecule has 0 unspecified atom stereocenters. The molecule has 1 heterocycles. The predicted molar refractivity (Wildman–Crippen MR) is 91.5 cm³/mol. The van der Waals surface area contributed by atoms with Crippen molar-refractivity contribution in [3.8, 4) is 5.75 Å². The maximum atomic E-state index is 13.8. The van der Waals surface area contributed by atoms with Crippen LogP contribution in [0.5, 0.6) is 5.75 Å². The predicted octanol–water partition coefficient (Wildman–Crippen LogP) is 3.12. The first-order valence-corrected chi connectivity index (χ1v) is 9.13. The first kappa shape index (κ1) is 18.1. The molecule has 0 bridgehead atoms. The van der Waals surface area contributed by atoms with Crippen LogP contribution in [0.3, 0.4) is 0 Å². The van der Waals surface area contributed by atoms with Crippen molar-refractivity contribution in [2.45, 2.75) is 18.7 Å². The zero-order valence-corrected chi connectivity index (χ0v) is 14.8. The molecule has 0 fully saturated rings. The minimum atomic E-state index is -4.34. The minimum Gasteiger partial charge on any atom is -0.490 e. The molecule has 6 nitrogen and oxygen atoms in total. The molecule has 3 rings (SSSR count). The molecule has 0 saturated heterocycles. The Hall–Kier alpha value is -2.68. The summed E-state index contributed by atoms with van der Waals surface area (Å²) in [7, 11) is -4.34. The van der Waals surface area contributed by atoms with E-state index in [0.717, 1.165) is 12.1 Å². The molecule has 0 aromatic heterocycles. The third-order valence-electron chi connectivity index (χ3n) is 3.87. The van der Waals surface area contributed by atoms with Gasteiger partial charge in [0.2, 0.25) is 5.91 Å². The Morgan fingerprint density at radius 3 is 2.62 bits per heavy atom. The average molecular weight is 382 g/mol. The quantitative estimate of drug-likeness (QED) is 0.854. The van der Waals surface area contributed by atoms with E-state index in [2.05, 4.69) is 10.0 Å². The molecule has 1 aliphatic rings. The Labute approximate surface area is 149 Å². The third kappa shape index (κ3) is 3.48. The van der Waals surface area contributed by atoms with Crippen LogP contribution >= 0.6 is 0 Å². The Morgan fingerprint density at radius 1 is 1.15 bits per heavy atom. The first-order valence-electron chi connectivity index (χ1n) is 7.65. The van der Waals surface area contributed by atoms with E-state index in [4.69, 9.17) is 4.74 Å². The monoisotopic (exact) mass is 382 g/mol. The lowest BCUT2D eigenvalue weighted by atomic mass is 9.94. The molecule has 138 valence electrons. The fourth-order valence-corrected chi connectivity index (χ4v) is 3.46. The summed E-state index contributed by atoms with van der Waals surface area (Å²) >= 11 is 0. The van der Waals surface area contributed by atoms with Gasteiger partial charge in [-0.15, -0.1) is 0 Å². The summed E-state index contributed by atoms with van der Waals surface area (Å²) in [5, 5.41) is 2.70. The third-order valence-corrected chi connectivity index (χ3v) is 5.26. The number of fused-ring (bicyclic) bond motifs is 1. The summed E-state index contributed by atoms with van der Waals surface area (Å²) in [6.45, 7) is 3.52. The van der Waals surface area contributed by atoms with Gasteiger partial charge in [0.15, 0.2) is 0 Å². The van der Waals surface area contributed by atoms with Crippen molar-refractivity contribution in [1.82, 2.24) is 0 Å². The Morgan fingerprint density at radius 2 is 1.88 bits per heavy atom. The standard InChI is InChI=1S/C17H16F2N2O4S/c1-17(2)9-25-14-8-11(4-6-13(14)20-16(17)22)21-26(23,24)15-7-10(18)3-5-12(15)19/h3-8,21H,9H2,1-2H3,(H,20,22). The lowest BCUT2D eigenvalue weighted by Crippen LogP contribution is -2.33. The molecule has 9 heteroatoms. The highest BCUT2D eigenvalue weighted by Crippen LogP contribution is 2.34. The second kappa shape index (κ2) is 6.24. The van der Waals surface area contributed by atoms with Gasteiger partial charge in [-0.2, -0.15) is 0 Å². The van der Waals surface area contributed by atoms with Crippen LogP contribution in [0.25, 0.3) is 0 Å². The van der Waals surface area contributed by atoms with Crippen LogP contribution in [0.15, 0.2) is 41.3 Å². The van der Waals surface area contributed by atoms with Crippen molar-refractivity contribution in [3.63, 3.8) is 0 Å². The minimum absolute atomic E-state index is 0.0846. The number of hydrogen-bond donors (Lipinski definition) is 2. The maximum Gasteiger partial charge on any atom is 0.264 e. The van der Waals surface area contributed by atoms with E-state index in [1.807, 2.05) is 0 Å². The van der Waals surface area contributed by atoms with Gasteiger partial charge in [-0.05, 0) is 44.2 Å². The number of anilines is 2. The van der Waals surface area contributed by atoms with E-state index >= 15 is 0 Å². The molecular formula is C17H16F2N2O4S. The van der Waals surface area contributed by atoms with Gasteiger partial charge in [0, 0.05) is 6.07 Å². The lowest BCUT2D eigenvalue weighted by molar-refractivity contribution is -0.124. The number of amides is 1. The Bertz CT molecular complexity index is 990. The number of rotatable bonds is 3. The summed E-state index contributed by atoms with van der Waals surface area (Å²) in [5.41, 5.74) is -0.287. The molecule has 0 saturated carbocycles. The number of carbonyl (C=O) groups excluding carboxylic acids is 1. The van der Waals surface area contributed by atoms with Crippen LogP contribution in [0.1, 0.15) is 13.8 Å². The summed E-state index contributed by atoms with van der Waals surface area (Å²) in [4.78, 5) is 11.3. The van der Waals surface area contributed by atoms with Gasteiger partial charge in [0.25, 0.3) is 10.0 Å². The molecule has 2 N–H and O–H groups in total. The Balaban J connectivity index is 1.92. The van der Waals surface area contributed by atoms with Crippen LogP contribution in [0.4, 0.5) is 20.2 Å². The van der Waals surface area contributed by atoms with E-state index in [-0.39, 0.29) is 24.0 Å². The summed E-state index contributed by atoms with van der Waals surface area (Å²) < 4.78 is 59.5. The number of benzene rings is 2. The maximum absolute atomic E-state index is 13.8. The van der Waals surface area contributed by atoms with Crippen molar-refractivity contribution < 1.29 is 26.7 Å². The van der Waals surface area contributed by atoms with Crippen LogP contribution in [-0.2, 0) is 14.8 Å². The van der Waals surface area contributed by atoms with Crippen molar-refractivity contribution in [3.05, 3.63) is 48.0 Å². The number of hydrogen-bond acceptors (Lipinski definition) is 4. The number of ether oxygens (including phenoxy) is 1. The van der Waals surface area contributed by atoms with Crippen LogP contribution in [0.2, 0.25) is 0 Å². The van der Waals surface area contributed by atoms with Gasteiger partial charge < -0.3 is 10.1 Å². The SMILES string of the molecule is CC1(C)COc2cc(NS(=O)(=O)c3cc(F)ccc3F)ccc2NC1=O. The van der Waals surface area contributed by atoms with Crippen LogP contribution < -0.4 is 14.8 Å². The molecular weight excluding hydrogens is 366 g/mol. The smallest absolute Gasteiger partial charge is 0.264 e. The molecule has 0 radical (unpaired) electrons. The van der Waals surface area contributed by atoms with Crippen LogP contribution in [0, 0.1) is 17.0 Å². The van der Waals surface area contributed by atoms with E-state index < -0.39 is 32.0 Å². The molecule has 26 heavy (non-hydrogen) atoms. The second-order valence-electron chi connectivity index (χ2n) is 6.52. The fraction of sp³-hybridized carbons (Fsp3) is 0.235. The first-order chi connectivity index (χ1) is 12.1. The van der Waals surface area contributed by atoms with E-state index in [1.54, 1.807) is 13.8 Å². The molecule has 2 aromatic carbocycles. The second-order valence-corrected chi connectivity index (χ2v) is 8.17. The lowest BCUT2D eigenvalue weighted by Gasteiger charge is -2.18. The topological polar surface area (TPSA) is 84.5 Å². The molecule has 1 aliphatic heterocycles. The van der Waals surface area contributed by atoms with Crippen molar-refractivity contribution in [2.75, 3.05) is 16.6 Å². The summed E-state index contributed by atoms with van der Waals surface area (Å²) in [5.74, 6) is -1.91. The molecule has 2 aromatic rings. The molecule has 1 amide bonds. The van der Waals surface area contributed by atoms with Crippen molar-refractivity contribution in [1.29, 1.82) is 0 Å². The number of carbonyl (C=O) groups is 1. The zero-order valence-electron chi connectivity index (χ0n) is 14.0. The number of halogens is 2. The zero-order chi connectivity index (χ0) is 19.1.